The third kappa shape index (κ3) is 3.45. The average molecular weight is 275 g/mol. The highest BCUT2D eigenvalue weighted by molar-refractivity contribution is 5.26. The highest BCUT2D eigenvalue weighted by Gasteiger charge is 2.11. The number of hydrogen-bond donors (Lipinski definition) is 1. The SMILES string of the molecule is CNCCCc1c(C)nn(Cc2cccc(F)c2)c1C. The van der Waals surface area contributed by atoms with Crippen molar-refractivity contribution in [1.82, 2.24) is 15.1 Å². The number of benzene rings is 1. The summed E-state index contributed by atoms with van der Waals surface area (Å²) in [4.78, 5) is 0. The summed E-state index contributed by atoms with van der Waals surface area (Å²) in [5.41, 5.74) is 4.52. The summed E-state index contributed by atoms with van der Waals surface area (Å²) in [5, 5.41) is 7.75. The first-order valence-electron chi connectivity index (χ1n) is 7.03. The van der Waals surface area contributed by atoms with E-state index >= 15 is 0 Å². The van der Waals surface area contributed by atoms with Gasteiger partial charge in [0.05, 0.1) is 12.2 Å². The minimum Gasteiger partial charge on any atom is -0.320 e. The number of nitrogens with zero attached hydrogens (tertiary/aromatic N) is 2. The van der Waals surface area contributed by atoms with Gasteiger partial charge in [-0.3, -0.25) is 4.68 Å². The minimum absolute atomic E-state index is 0.196. The van der Waals surface area contributed by atoms with Crippen molar-refractivity contribution < 1.29 is 4.39 Å². The van der Waals surface area contributed by atoms with Crippen molar-refractivity contribution in [3.8, 4) is 0 Å². The van der Waals surface area contributed by atoms with Crippen LogP contribution in [0.5, 0.6) is 0 Å². The predicted molar refractivity (Wildman–Crippen MR) is 79.5 cm³/mol. The topological polar surface area (TPSA) is 29.9 Å². The summed E-state index contributed by atoms with van der Waals surface area (Å²) in [6, 6.07) is 6.70. The zero-order valence-electron chi connectivity index (χ0n) is 12.4. The molecule has 1 aromatic heterocycles. The van der Waals surface area contributed by atoms with E-state index in [0.29, 0.717) is 6.54 Å². The molecule has 0 saturated heterocycles. The molecule has 3 nitrogen and oxygen atoms in total. The van der Waals surface area contributed by atoms with Crippen molar-refractivity contribution in [2.75, 3.05) is 13.6 Å². The van der Waals surface area contributed by atoms with E-state index in [1.54, 1.807) is 12.1 Å². The third-order valence-electron chi connectivity index (χ3n) is 3.61. The molecule has 0 radical (unpaired) electrons. The van der Waals surface area contributed by atoms with E-state index in [-0.39, 0.29) is 5.82 Å². The van der Waals surface area contributed by atoms with Crippen LogP contribution in [-0.2, 0) is 13.0 Å². The summed E-state index contributed by atoms with van der Waals surface area (Å²) in [6.45, 7) is 5.77. The Morgan fingerprint density at radius 1 is 1.30 bits per heavy atom. The Morgan fingerprint density at radius 3 is 2.80 bits per heavy atom. The Morgan fingerprint density at radius 2 is 2.10 bits per heavy atom. The first-order valence-corrected chi connectivity index (χ1v) is 7.03. The van der Waals surface area contributed by atoms with Gasteiger partial charge in [0, 0.05) is 5.69 Å². The Balaban J connectivity index is 2.15. The number of rotatable bonds is 6. The Hall–Kier alpha value is -1.68. The Kier molecular flexibility index (Phi) is 4.90. The van der Waals surface area contributed by atoms with E-state index in [2.05, 4.69) is 17.3 Å². The molecular weight excluding hydrogens is 253 g/mol. The average Bonchev–Trinajstić information content (AvgIpc) is 2.66. The van der Waals surface area contributed by atoms with E-state index in [1.165, 1.54) is 17.3 Å². The summed E-state index contributed by atoms with van der Waals surface area (Å²) >= 11 is 0. The molecule has 2 rings (SSSR count). The Labute approximate surface area is 119 Å². The standard InChI is InChI=1S/C16H22FN3/c1-12-16(8-5-9-18-3)13(2)20(19-12)11-14-6-4-7-15(17)10-14/h4,6-7,10,18H,5,8-9,11H2,1-3H3. The second-order valence-electron chi connectivity index (χ2n) is 5.14. The van der Waals surface area contributed by atoms with Gasteiger partial charge < -0.3 is 5.32 Å². The Bertz CT molecular complexity index is 575. The molecule has 0 atom stereocenters. The summed E-state index contributed by atoms with van der Waals surface area (Å²) in [5.74, 6) is -0.196. The zero-order valence-corrected chi connectivity index (χ0v) is 12.4. The van der Waals surface area contributed by atoms with E-state index in [9.17, 15) is 4.39 Å². The van der Waals surface area contributed by atoms with Gasteiger partial charge in [0.1, 0.15) is 5.82 Å². The molecule has 0 saturated carbocycles. The summed E-state index contributed by atoms with van der Waals surface area (Å²) in [7, 11) is 1.97. The molecule has 0 unspecified atom stereocenters. The van der Waals surface area contributed by atoms with Gasteiger partial charge in [0.15, 0.2) is 0 Å². The first kappa shape index (κ1) is 14.7. The molecule has 0 aliphatic rings. The smallest absolute Gasteiger partial charge is 0.123 e. The van der Waals surface area contributed by atoms with E-state index in [0.717, 1.165) is 30.6 Å². The minimum atomic E-state index is -0.196. The highest BCUT2D eigenvalue weighted by Crippen LogP contribution is 2.16. The summed E-state index contributed by atoms with van der Waals surface area (Å²) < 4.78 is 15.2. The lowest BCUT2D eigenvalue weighted by molar-refractivity contribution is 0.615. The monoisotopic (exact) mass is 275 g/mol. The number of halogens is 1. The molecule has 4 heteroatoms. The van der Waals surface area contributed by atoms with Crippen molar-refractivity contribution in [3.63, 3.8) is 0 Å². The predicted octanol–water partition coefficient (Wildman–Crippen LogP) is 2.84. The molecule has 20 heavy (non-hydrogen) atoms. The lowest BCUT2D eigenvalue weighted by Crippen LogP contribution is -2.09. The van der Waals surface area contributed by atoms with Gasteiger partial charge in [-0.25, -0.2) is 4.39 Å². The van der Waals surface area contributed by atoms with Gasteiger partial charge in [-0.2, -0.15) is 5.10 Å². The second-order valence-corrected chi connectivity index (χ2v) is 5.14. The maximum Gasteiger partial charge on any atom is 0.123 e. The van der Waals surface area contributed by atoms with Gasteiger partial charge in [0.2, 0.25) is 0 Å². The number of aromatic nitrogens is 2. The zero-order chi connectivity index (χ0) is 14.5. The van der Waals surface area contributed by atoms with Crippen LogP contribution in [0, 0.1) is 19.7 Å². The maximum absolute atomic E-state index is 13.2. The van der Waals surface area contributed by atoms with Crippen LogP contribution < -0.4 is 5.32 Å². The van der Waals surface area contributed by atoms with Crippen LogP contribution in [0.25, 0.3) is 0 Å². The maximum atomic E-state index is 13.2. The van der Waals surface area contributed by atoms with Crippen molar-refractivity contribution >= 4 is 0 Å². The van der Waals surface area contributed by atoms with Crippen LogP contribution in [0.1, 0.15) is 28.9 Å². The van der Waals surface area contributed by atoms with Crippen LogP contribution >= 0.6 is 0 Å². The molecular formula is C16H22FN3. The fourth-order valence-electron chi connectivity index (χ4n) is 2.50. The number of hydrogen-bond acceptors (Lipinski definition) is 2. The summed E-state index contributed by atoms with van der Waals surface area (Å²) in [6.07, 6.45) is 2.13. The second kappa shape index (κ2) is 6.66. The molecule has 108 valence electrons. The molecule has 1 aromatic carbocycles. The molecule has 0 amide bonds. The molecule has 0 aliphatic heterocycles. The molecule has 1 heterocycles. The van der Waals surface area contributed by atoms with E-state index in [1.807, 2.05) is 24.7 Å². The van der Waals surface area contributed by atoms with Crippen LogP contribution in [-0.4, -0.2) is 23.4 Å². The van der Waals surface area contributed by atoms with Crippen molar-refractivity contribution in [3.05, 3.63) is 52.6 Å². The van der Waals surface area contributed by atoms with Crippen LogP contribution in [0.15, 0.2) is 24.3 Å². The van der Waals surface area contributed by atoms with E-state index < -0.39 is 0 Å². The molecule has 2 aromatic rings. The number of aryl methyl sites for hydroxylation is 1. The third-order valence-corrected chi connectivity index (χ3v) is 3.61. The first-order chi connectivity index (χ1) is 9.61. The van der Waals surface area contributed by atoms with Gasteiger partial charge in [-0.1, -0.05) is 12.1 Å². The highest BCUT2D eigenvalue weighted by atomic mass is 19.1. The van der Waals surface area contributed by atoms with E-state index in [4.69, 9.17) is 0 Å². The van der Waals surface area contributed by atoms with Crippen molar-refractivity contribution in [1.29, 1.82) is 0 Å². The van der Waals surface area contributed by atoms with Crippen molar-refractivity contribution in [2.24, 2.45) is 0 Å². The fourth-order valence-corrected chi connectivity index (χ4v) is 2.50. The van der Waals surface area contributed by atoms with Gasteiger partial charge >= 0.3 is 0 Å². The molecule has 0 bridgehead atoms. The van der Waals surface area contributed by atoms with Crippen molar-refractivity contribution in [2.45, 2.75) is 33.2 Å². The lowest BCUT2D eigenvalue weighted by atomic mass is 10.1. The molecule has 0 fully saturated rings. The van der Waals surface area contributed by atoms with Gasteiger partial charge in [-0.15, -0.1) is 0 Å². The molecule has 1 N–H and O–H groups in total. The number of nitrogens with one attached hydrogen (secondary N) is 1. The largest absolute Gasteiger partial charge is 0.320 e. The van der Waals surface area contributed by atoms with Gasteiger partial charge in [-0.05, 0) is 63.5 Å². The normalized spacial score (nSPS) is 11.0. The van der Waals surface area contributed by atoms with Crippen LogP contribution in [0.3, 0.4) is 0 Å². The van der Waals surface area contributed by atoms with Crippen LogP contribution in [0.4, 0.5) is 4.39 Å². The quantitative estimate of drug-likeness (QED) is 0.822. The molecule has 0 aliphatic carbocycles. The van der Waals surface area contributed by atoms with Gasteiger partial charge in [0.25, 0.3) is 0 Å². The fraction of sp³-hybridized carbons (Fsp3) is 0.438. The van der Waals surface area contributed by atoms with Crippen LogP contribution in [0.2, 0.25) is 0 Å². The lowest BCUT2D eigenvalue weighted by Gasteiger charge is -2.06. The molecule has 0 spiro atoms.